The highest BCUT2D eigenvalue weighted by molar-refractivity contribution is 6.33. The largest absolute Gasteiger partial charge is 0.447 e. The van der Waals surface area contributed by atoms with Gasteiger partial charge in [-0.15, -0.1) is 10.2 Å². The number of rotatable bonds is 11. The SMILES string of the molecule is CC(C)(C)C[C@]1(c2ccc(-c3cnn(CF)c3)cc2)N=C(NOC(=O)c2ccccc2)N([C@H](COC(=O)NC2(C(F)(F)F)CC2)c2ccc(Cl)c(-c3nn[nH]n3)c2)C1=O. The van der Waals surface area contributed by atoms with Gasteiger partial charge in [-0.2, -0.15) is 29.0 Å². The highest BCUT2D eigenvalue weighted by Gasteiger charge is 2.64. The zero-order valence-corrected chi connectivity index (χ0v) is 32.5. The monoisotopic (exact) mass is 836 g/mol. The lowest BCUT2D eigenvalue weighted by Gasteiger charge is -2.35. The first-order valence-corrected chi connectivity index (χ1v) is 18.6. The van der Waals surface area contributed by atoms with Gasteiger partial charge in [-0.05, 0) is 70.8 Å². The summed E-state index contributed by atoms with van der Waals surface area (Å²) in [6, 6.07) is 18.0. The molecule has 1 aliphatic heterocycles. The van der Waals surface area contributed by atoms with Gasteiger partial charge >= 0.3 is 18.2 Å². The molecular weight excluding hydrogens is 800 g/mol. The van der Waals surface area contributed by atoms with E-state index in [0.717, 1.165) is 9.58 Å². The van der Waals surface area contributed by atoms with E-state index >= 15 is 4.79 Å². The summed E-state index contributed by atoms with van der Waals surface area (Å²) in [5, 5.41) is 20.1. The predicted molar refractivity (Wildman–Crippen MR) is 204 cm³/mol. The summed E-state index contributed by atoms with van der Waals surface area (Å²) in [4.78, 5) is 53.4. The third-order valence-electron chi connectivity index (χ3n) is 9.86. The van der Waals surface area contributed by atoms with Crippen LogP contribution in [0.15, 0.2) is 90.2 Å². The molecule has 20 heteroatoms. The number of amides is 2. The number of hydrogen-bond acceptors (Lipinski definition) is 11. The molecule has 1 fully saturated rings. The number of carbonyl (C=O) groups is 3. The number of nitrogens with zero attached hydrogens (tertiary/aromatic N) is 7. The van der Waals surface area contributed by atoms with Crippen LogP contribution in [0.1, 0.15) is 67.6 Å². The van der Waals surface area contributed by atoms with Gasteiger partial charge in [0.15, 0.2) is 12.3 Å². The minimum atomic E-state index is -4.73. The quantitative estimate of drug-likeness (QED) is 0.0920. The van der Waals surface area contributed by atoms with Crippen LogP contribution in [0, 0.1) is 5.41 Å². The highest BCUT2D eigenvalue weighted by atomic mass is 35.5. The van der Waals surface area contributed by atoms with Crippen LogP contribution in [0.5, 0.6) is 0 Å². The van der Waals surface area contributed by atoms with Gasteiger partial charge in [0.1, 0.15) is 12.1 Å². The van der Waals surface area contributed by atoms with E-state index in [-0.39, 0.29) is 52.8 Å². The van der Waals surface area contributed by atoms with E-state index in [9.17, 15) is 27.2 Å². The highest BCUT2D eigenvalue weighted by Crippen LogP contribution is 2.49. The molecule has 3 aromatic carbocycles. The van der Waals surface area contributed by atoms with E-state index in [1.165, 1.54) is 42.7 Å². The number of guanidine groups is 1. The van der Waals surface area contributed by atoms with Crippen LogP contribution < -0.4 is 10.8 Å². The number of hydrogen-bond donors (Lipinski definition) is 3. The van der Waals surface area contributed by atoms with Crippen LogP contribution in [-0.2, 0) is 26.7 Å². The molecule has 2 aromatic heterocycles. The summed E-state index contributed by atoms with van der Waals surface area (Å²) in [7, 11) is 0. The summed E-state index contributed by atoms with van der Waals surface area (Å²) >= 11 is 6.55. The van der Waals surface area contributed by atoms with Gasteiger partial charge in [0, 0.05) is 17.3 Å². The summed E-state index contributed by atoms with van der Waals surface area (Å²) in [6.07, 6.45) is -3.65. The lowest BCUT2D eigenvalue weighted by atomic mass is 9.75. The number of alkyl halides is 4. The molecule has 0 bridgehead atoms. The van der Waals surface area contributed by atoms with E-state index in [1.807, 2.05) is 26.1 Å². The van der Waals surface area contributed by atoms with E-state index in [0.29, 0.717) is 16.7 Å². The molecule has 3 heterocycles. The predicted octanol–water partition coefficient (Wildman–Crippen LogP) is 7.06. The topological polar surface area (TPSA) is 182 Å². The van der Waals surface area contributed by atoms with Gasteiger partial charge in [0.2, 0.25) is 11.8 Å². The number of carbonyl (C=O) groups excluding carboxylic acids is 3. The maximum Gasteiger partial charge on any atom is 0.411 e. The van der Waals surface area contributed by atoms with Gasteiger partial charge < -0.3 is 14.9 Å². The molecule has 2 atom stereocenters. The Labute approximate surface area is 339 Å². The zero-order chi connectivity index (χ0) is 42.2. The lowest BCUT2D eigenvalue weighted by Crippen LogP contribution is -2.50. The van der Waals surface area contributed by atoms with Crippen LogP contribution in [0.3, 0.4) is 0 Å². The van der Waals surface area contributed by atoms with E-state index in [1.54, 1.807) is 42.5 Å². The molecule has 15 nitrogen and oxygen atoms in total. The molecule has 1 aliphatic carbocycles. The van der Waals surface area contributed by atoms with Crippen molar-refractivity contribution in [2.75, 3.05) is 6.61 Å². The number of aromatic amines is 1. The average Bonchev–Trinajstić information content (AvgIpc) is 3.49. The summed E-state index contributed by atoms with van der Waals surface area (Å²) in [5.74, 6) is -1.70. The van der Waals surface area contributed by atoms with Crippen LogP contribution in [0.2, 0.25) is 5.02 Å². The molecule has 7 rings (SSSR count). The van der Waals surface area contributed by atoms with Crippen LogP contribution in [0.4, 0.5) is 22.4 Å². The Morgan fingerprint density at radius 3 is 2.36 bits per heavy atom. The second-order valence-electron chi connectivity index (χ2n) is 15.3. The molecule has 2 amide bonds. The summed E-state index contributed by atoms with van der Waals surface area (Å²) in [5.41, 5.74) is 0.189. The van der Waals surface area contributed by atoms with Crippen LogP contribution in [0.25, 0.3) is 22.5 Å². The first-order valence-electron chi connectivity index (χ1n) is 18.2. The molecule has 59 heavy (non-hydrogen) atoms. The van der Waals surface area contributed by atoms with Crippen LogP contribution >= 0.6 is 11.6 Å². The first-order chi connectivity index (χ1) is 28.0. The van der Waals surface area contributed by atoms with Gasteiger partial charge in [0.05, 0.1) is 22.8 Å². The van der Waals surface area contributed by atoms with Crippen molar-refractivity contribution < 1.29 is 41.5 Å². The Hall–Kier alpha value is -6.37. The maximum absolute atomic E-state index is 15.4. The standard InChI is InChI=1S/C39H37ClF4N10O5/c1-36(2,3)21-38(27-12-9-23(10-13-27)26-18-45-53(19-26)22-41)33(56)54(34(46-38)50-59-32(55)24-7-5-4-6-8-24)30(20-58-35(57)47-37(15-16-37)39(42,43)44)25-11-14-29(40)28(17-25)31-48-51-52-49-31/h4-14,17-19,30H,15-16,20-22H2,1-3H3,(H,46,50)(H,47,57)(H,48,49,51,52)/t30-,38-/m1/s1. The van der Waals surface area contributed by atoms with Crippen molar-refractivity contribution >= 4 is 35.5 Å². The lowest BCUT2D eigenvalue weighted by molar-refractivity contribution is -0.164. The minimum absolute atomic E-state index is 0.0749. The Balaban J connectivity index is 1.33. The number of H-pyrrole nitrogens is 1. The Kier molecular flexibility index (Phi) is 10.9. The van der Waals surface area contributed by atoms with Crippen molar-refractivity contribution in [2.24, 2.45) is 10.4 Å². The van der Waals surface area contributed by atoms with E-state index in [2.05, 4.69) is 31.2 Å². The molecule has 308 valence electrons. The number of halogens is 5. The minimum Gasteiger partial charge on any atom is -0.447 e. The number of benzene rings is 3. The molecule has 5 aromatic rings. The van der Waals surface area contributed by atoms with Gasteiger partial charge in [-0.25, -0.2) is 23.7 Å². The van der Waals surface area contributed by atoms with Crippen molar-refractivity contribution in [3.8, 4) is 22.5 Å². The number of aromatic nitrogens is 6. The second kappa shape index (κ2) is 15.8. The third-order valence-corrected chi connectivity index (χ3v) is 10.2. The van der Waals surface area contributed by atoms with Crippen molar-refractivity contribution in [1.29, 1.82) is 0 Å². The fraction of sp³-hybridized carbons (Fsp3) is 0.333. The van der Waals surface area contributed by atoms with E-state index < -0.39 is 60.1 Å². The Morgan fingerprint density at radius 1 is 1.02 bits per heavy atom. The molecule has 0 spiro atoms. The van der Waals surface area contributed by atoms with Crippen LogP contribution in [-0.4, -0.2) is 77.6 Å². The fourth-order valence-corrected chi connectivity index (χ4v) is 7.06. The summed E-state index contributed by atoms with van der Waals surface area (Å²) in [6.45, 7) is 4.17. The number of aliphatic imine (C=N–C) groups is 1. The van der Waals surface area contributed by atoms with Crippen molar-refractivity contribution in [3.63, 3.8) is 0 Å². The molecule has 0 radical (unpaired) electrons. The van der Waals surface area contributed by atoms with Crippen molar-refractivity contribution in [2.45, 2.75) is 70.1 Å². The normalized spacial score (nSPS) is 17.9. The zero-order valence-electron chi connectivity index (χ0n) is 31.8. The van der Waals surface area contributed by atoms with Gasteiger partial charge in [0.25, 0.3) is 5.91 Å². The van der Waals surface area contributed by atoms with Crippen molar-refractivity contribution in [3.05, 3.63) is 107 Å². The molecular formula is C39H37ClF4N10O5. The molecule has 1 saturated carbocycles. The fourth-order valence-electron chi connectivity index (χ4n) is 6.86. The molecule has 3 N–H and O–H groups in total. The molecule has 0 saturated heterocycles. The Bertz CT molecular complexity index is 2370. The number of hydroxylamine groups is 1. The number of tetrazole rings is 1. The number of ether oxygens (including phenoxy) is 1. The maximum atomic E-state index is 15.4. The van der Waals surface area contributed by atoms with Gasteiger partial charge in [-0.3, -0.25) is 9.69 Å². The van der Waals surface area contributed by atoms with E-state index in [4.69, 9.17) is 26.2 Å². The number of nitrogens with one attached hydrogen (secondary N) is 3. The average molecular weight is 837 g/mol. The second-order valence-corrected chi connectivity index (χ2v) is 15.7. The Morgan fingerprint density at radius 2 is 1.75 bits per heavy atom. The van der Waals surface area contributed by atoms with Crippen molar-refractivity contribution in [1.82, 2.24) is 46.1 Å². The molecule has 2 aliphatic rings. The molecule has 0 unspecified atom stereocenters. The third kappa shape index (κ3) is 8.46. The van der Waals surface area contributed by atoms with Gasteiger partial charge in [-0.1, -0.05) is 80.9 Å². The number of alkyl carbamates (subject to hydrolysis) is 1. The summed E-state index contributed by atoms with van der Waals surface area (Å²) < 4.78 is 61.4. The smallest absolute Gasteiger partial charge is 0.411 e. The first kappa shape index (κ1) is 40.8.